The molecule has 12 nitrogen and oxygen atoms in total. The van der Waals surface area contributed by atoms with Gasteiger partial charge in [-0.2, -0.15) is 0 Å². The first-order valence-corrected chi connectivity index (χ1v) is 27.5. The summed E-state index contributed by atoms with van der Waals surface area (Å²) >= 11 is 0. The molecule has 6 N–H and O–H groups in total. The number of hydrogen-bond donors (Lipinski definition) is 6. The minimum atomic E-state index is -0.157. The van der Waals surface area contributed by atoms with Crippen LogP contribution in [0, 0.1) is 0 Å². The van der Waals surface area contributed by atoms with Crippen LogP contribution < -0.4 is 0 Å². The second-order valence-corrected chi connectivity index (χ2v) is 21.8. The number of fused-ring (bicyclic) bond motifs is 18. The molecular weight excluding hydrogens is 997 g/mol. The molecule has 0 radical (unpaired) electrons. The van der Waals surface area contributed by atoms with E-state index in [1.54, 1.807) is 0 Å². The van der Waals surface area contributed by atoms with Gasteiger partial charge in [-0.25, -0.2) is 29.9 Å². The van der Waals surface area contributed by atoms with Crippen molar-refractivity contribution in [2.24, 2.45) is 0 Å². The summed E-state index contributed by atoms with van der Waals surface area (Å²) in [5.41, 5.74) is 28.4. The number of nitrogens with zero attached hydrogens (tertiary/aromatic N) is 6. The number of H-pyrrole nitrogens is 6. The number of aromatic nitrogens is 12. The van der Waals surface area contributed by atoms with Gasteiger partial charge in [-0.15, -0.1) is 0 Å². The maximum absolute atomic E-state index is 5.85. The smallest absolute Gasteiger partial charge is 0.120 e. The van der Waals surface area contributed by atoms with E-state index in [2.05, 4.69) is 230 Å². The van der Waals surface area contributed by atoms with Crippen molar-refractivity contribution >= 4 is 66.2 Å². The summed E-state index contributed by atoms with van der Waals surface area (Å²) < 4.78 is 0. The van der Waals surface area contributed by atoms with Crippen molar-refractivity contribution in [3.8, 4) is 67.5 Å². The Morgan fingerprint density at radius 1 is 0.185 bits per heavy atom. The fourth-order valence-corrected chi connectivity index (χ4v) is 13.6. The van der Waals surface area contributed by atoms with Crippen LogP contribution in [-0.4, -0.2) is 59.8 Å². The highest BCUT2D eigenvalue weighted by atomic mass is 15.0. The Morgan fingerprint density at radius 3 is 0.556 bits per heavy atom. The monoisotopic (exact) mass is 1040 g/mol. The standard InChI is InChI=1S/C69H42N12/c1-4-10-34(11-5-1)55-49-28-22-43(70-49)37-16-18-39-45-24-30-51(72-45)56(35-12-6-2-7-13-35)53-32-26-47(74-53)41-20-21-42-48-27-33-54(75-48)57(36-14-8-3-9-15-36)52-31-25-46(73-52)40-19-17-38(44-23-29-50(55)71-44)59-61(40)79-67-65(77-59)64-66(78-60(39)58(37)76-64)68-69(67)81-63(42)62(41)80-68/h1-33,55-57,70-75H. The highest BCUT2D eigenvalue weighted by Gasteiger charge is 2.31. The Balaban J connectivity index is 1.02. The summed E-state index contributed by atoms with van der Waals surface area (Å²) in [6, 6.07) is 71.4. The molecule has 9 aromatic heterocycles. The molecule has 24 bridgehead atoms. The van der Waals surface area contributed by atoms with E-state index in [4.69, 9.17) is 29.9 Å². The molecule has 19 rings (SSSR count). The Labute approximate surface area is 460 Å². The van der Waals surface area contributed by atoms with E-state index in [0.717, 1.165) is 151 Å². The van der Waals surface area contributed by atoms with Gasteiger partial charge in [0.15, 0.2) is 0 Å². The predicted octanol–water partition coefficient (Wildman–Crippen LogP) is 15.4. The Kier molecular flexibility index (Phi) is 8.42. The van der Waals surface area contributed by atoms with Crippen molar-refractivity contribution < 1.29 is 0 Å². The van der Waals surface area contributed by atoms with Crippen molar-refractivity contribution in [1.82, 2.24) is 59.8 Å². The molecule has 0 amide bonds. The van der Waals surface area contributed by atoms with Gasteiger partial charge in [0.05, 0.1) is 50.9 Å². The van der Waals surface area contributed by atoms with Crippen LogP contribution in [0.4, 0.5) is 0 Å². The molecule has 81 heavy (non-hydrogen) atoms. The van der Waals surface area contributed by atoms with E-state index in [0.29, 0.717) is 33.1 Å². The van der Waals surface area contributed by atoms with Crippen molar-refractivity contribution in [2.45, 2.75) is 17.8 Å². The largest absolute Gasteiger partial charge is 0.358 e. The van der Waals surface area contributed by atoms with Gasteiger partial charge >= 0.3 is 0 Å². The molecule has 12 heteroatoms. The van der Waals surface area contributed by atoms with Gasteiger partial charge in [-0.05, 0) is 126 Å². The van der Waals surface area contributed by atoms with Crippen LogP contribution in [0.25, 0.3) is 134 Å². The van der Waals surface area contributed by atoms with Gasteiger partial charge < -0.3 is 29.9 Å². The minimum absolute atomic E-state index is 0.157. The molecule has 3 aliphatic rings. The lowest BCUT2D eigenvalue weighted by Crippen LogP contribution is -2.04. The first kappa shape index (κ1) is 43.1. The van der Waals surface area contributed by atoms with Crippen LogP contribution in [-0.2, 0) is 0 Å². The summed E-state index contributed by atoms with van der Waals surface area (Å²) in [7, 11) is 0. The molecule has 16 aromatic rings. The topological polar surface area (TPSA) is 172 Å². The molecule has 0 aliphatic carbocycles. The van der Waals surface area contributed by atoms with Crippen LogP contribution in [0.2, 0.25) is 0 Å². The third kappa shape index (κ3) is 6.07. The van der Waals surface area contributed by atoms with E-state index in [1.165, 1.54) is 0 Å². The van der Waals surface area contributed by atoms with E-state index < -0.39 is 0 Å². The fourth-order valence-electron chi connectivity index (χ4n) is 13.6. The number of nitrogens with one attached hydrogen (secondary N) is 6. The van der Waals surface area contributed by atoms with Crippen LogP contribution in [0.3, 0.4) is 0 Å². The van der Waals surface area contributed by atoms with Crippen LogP contribution in [0.15, 0.2) is 200 Å². The summed E-state index contributed by atoms with van der Waals surface area (Å²) in [6.45, 7) is 0. The second-order valence-electron chi connectivity index (χ2n) is 21.8. The van der Waals surface area contributed by atoms with Gasteiger partial charge in [0.25, 0.3) is 0 Å². The molecule has 378 valence electrons. The van der Waals surface area contributed by atoms with E-state index in [1.807, 2.05) is 0 Å². The first-order valence-electron chi connectivity index (χ1n) is 27.5. The van der Waals surface area contributed by atoms with Crippen LogP contribution in [0.1, 0.15) is 68.6 Å². The summed E-state index contributed by atoms with van der Waals surface area (Å²) in [5, 5.41) is 0. The molecule has 0 saturated heterocycles. The molecule has 7 aromatic carbocycles. The van der Waals surface area contributed by atoms with Gasteiger partial charge in [-0.1, -0.05) is 91.0 Å². The zero-order valence-electron chi connectivity index (χ0n) is 43.0. The minimum Gasteiger partial charge on any atom is -0.358 e. The molecule has 12 heterocycles. The van der Waals surface area contributed by atoms with Gasteiger partial charge in [0, 0.05) is 102 Å². The summed E-state index contributed by atoms with van der Waals surface area (Å²) in [5.74, 6) is -0.471. The van der Waals surface area contributed by atoms with Crippen molar-refractivity contribution in [2.75, 3.05) is 0 Å². The number of benzene rings is 7. The molecule has 0 atom stereocenters. The maximum atomic E-state index is 5.85. The van der Waals surface area contributed by atoms with Gasteiger partial charge in [-0.3, -0.25) is 0 Å². The highest BCUT2D eigenvalue weighted by Crippen LogP contribution is 2.46. The molecule has 0 spiro atoms. The Hall–Kier alpha value is -11.0. The molecule has 0 unspecified atom stereocenters. The van der Waals surface area contributed by atoms with E-state index in [9.17, 15) is 0 Å². The third-order valence-electron chi connectivity index (χ3n) is 17.4. The van der Waals surface area contributed by atoms with Crippen molar-refractivity contribution in [3.63, 3.8) is 0 Å². The van der Waals surface area contributed by atoms with E-state index in [-0.39, 0.29) is 17.8 Å². The van der Waals surface area contributed by atoms with Crippen molar-refractivity contribution in [1.29, 1.82) is 0 Å². The second kappa shape index (κ2) is 15.8. The number of rotatable bonds is 3. The average molecular weight is 1040 g/mol. The SMILES string of the molecule is c1ccc(C2c3ccc([nH]3)-c3ccc4c5nc6c(nc35)c3nc5c(ccc7c5nc3c3nc5c(ccc(c5nc63)-c3ccc([nH]3)C(c3ccccc3)c3ccc-4[nH]3)-c3ccc([nH]3)C(c3ccccc3)c3ccc-7[nH]3)-c3ccc2[nH]3)cc1. The molecule has 0 saturated carbocycles. The molecular formula is C69H42N12. The zero-order valence-corrected chi connectivity index (χ0v) is 43.0. The van der Waals surface area contributed by atoms with Crippen LogP contribution in [0.5, 0.6) is 0 Å². The lowest BCUT2D eigenvalue weighted by molar-refractivity contribution is 0.900. The van der Waals surface area contributed by atoms with Gasteiger partial charge in [0.1, 0.15) is 33.1 Å². The average Bonchev–Trinajstić information content (AvgIpc) is 3.23. The predicted molar refractivity (Wildman–Crippen MR) is 319 cm³/mol. The first-order chi connectivity index (χ1) is 40.1. The molecule has 0 fully saturated rings. The highest BCUT2D eigenvalue weighted by molar-refractivity contribution is 6.23. The van der Waals surface area contributed by atoms with Crippen molar-refractivity contribution in [3.05, 3.63) is 251 Å². The van der Waals surface area contributed by atoms with E-state index >= 15 is 0 Å². The Bertz CT molecular complexity index is 4500. The van der Waals surface area contributed by atoms with Gasteiger partial charge in [0.2, 0.25) is 0 Å². The Morgan fingerprint density at radius 2 is 0.370 bits per heavy atom. The van der Waals surface area contributed by atoms with Crippen LogP contribution >= 0.6 is 0 Å². The quantitative estimate of drug-likeness (QED) is 0.0759. The number of hydrogen-bond acceptors (Lipinski definition) is 6. The molecule has 3 aliphatic heterocycles. The lowest BCUT2D eigenvalue weighted by atomic mass is 9.93. The summed E-state index contributed by atoms with van der Waals surface area (Å²) in [4.78, 5) is 58.7. The fraction of sp³-hybridized carbons (Fsp3) is 0.0435. The lowest BCUT2D eigenvalue weighted by Gasteiger charge is -2.16. The number of aromatic amines is 6. The third-order valence-corrected chi connectivity index (χ3v) is 17.4. The normalized spacial score (nSPS) is 15.8. The zero-order chi connectivity index (χ0) is 52.6. The maximum Gasteiger partial charge on any atom is 0.120 e. The summed E-state index contributed by atoms with van der Waals surface area (Å²) in [6.07, 6.45) is 0.